The van der Waals surface area contributed by atoms with Crippen LogP contribution in [0.15, 0.2) is 47.8 Å². The standard InChI is InChI=1S/C16H9Cl2N5O/c17-11-6-19-3-1-8(11)10-5-13-15(23-16(24)21-13)22-14(10)9-2-4-20-7-12(9)18/h1-7H,(H2,21,22,23,24). The summed E-state index contributed by atoms with van der Waals surface area (Å²) in [6.45, 7) is 0. The van der Waals surface area contributed by atoms with E-state index in [1.807, 2.05) is 6.07 Å². The lowest BCUT2D eigenvalue weighted by Crippen LogP contribution is -1.99. The average molecular weight is 358 g/mol. The van der Waals surface area contributed by atoms with E-state index in [9.17, 15) is 4.79 Å². The molecule has 0 amide bonds. The first kappa shape index (κ1) is 14.9. The molecule has 0 fully saturated rings. The lowest BCUT2D eigenvalue weighted by Gasteiger charge is -2.11. The van der Waals surface area contributed by atoms with Gasteiger partial charge in [-0.05, 0) is 18.2 Å². The van der Waals surface area contributed by atoms with Crippen molar-refractivity contribution in [3.63, 3.8) is 0 Å². The molecule has 118 valence electrons. The minimum Gasteiger partial charge on any atom is -0.304 e. The maximum atomic E-state index is 11.6. The van der Waals surface area contributed by atoms with Crippen LogP contribution < -0.4 is 5.69 Å². The fourth-order valence-electron chi connectivity index (χ4n) is 2.54. The minimum atomic E-state index is -0.331. The Labute approximate surface area is 145 Å². The smallest absolute Gasteiger partial charge is 0.304 e. The van der Waals surface area contributed by atoms with Crippen molar-refractivity contribution in [2.45, 2.75) is 0 Å². The topological polar surface area (TPSA) is 87.3 Å². The second kappa shape index (κ2) is 5.74. The summed E-state index contributed by atoms with van der Waals surface area (Å²) >= 11 is 12.6. The maximum Gasteiger partial charge on any atom is 0.325 e. The van der Waals surface area contributed by atoms with Gasteiger partial charge in [-0.25, -0.2) is 9.78 Å². The van der Waals surface area contributed by atoms with Gasteiger partial charge >= 0.3 is 5.69 Å². The predicted molar refractivity (Wildman–Crippen MR) is 93.2 cm³/mol. The molecular formula is C16H9Cl2N5O. The van der Waals surface area contributed by atoms with Gasteiger partial charge in [0.15, 0.2) is 5.65 Å². The summed E-state index contributed by atoms with van der Waals surface area (Å²) in [4.78, 5) is 29.5. The normalized spacial score (nSPS) is 11.1. The van der Waals surface area contributed by atoms with Gasteiger partial charge in [0.25, 0.3) is 0 Å². The van der Waals surface area contributed by atoms with Crippen LogP contribution in [-0.4, -0.2) is 24.9 Å². The Bertz CT molecular complexity index is 1030. The molecule has 0 saturated heterocycles. The monoisotopic (exact) mass is 357 g/mol. The third-order valence-electron chi connectivity index (χ3n) is 3.59. The molecule has 0 saturated carbocycles. The molecule has 2 N–H and O–H groups in total. The van der Waals surface area contributed by atoms with Crippen molar-refractivity contribution in [1.29, 1.82) is 0 Å². The number of rotatable bonds is 2. The predicted octanol–water partition coefficient (Wildman–Crippen LogP) is 3.68. The van der Waals surface area contributed by atoms with Crippen LogP contribution in [-0.2, 0) is 0 Å². The highest BCUT2D eigenvalue weighted by Crippen LogP contribution is 2.37. The number of hydrogen-bond acceptors (Lipinski definition) is 4. The number of pyridine rings is 3. The Morgan fingerprint density at radius 1 is 0.875 bits per heavy atom. The molecule has 0 atom stereocenters. The Morgan fingerprint density at radius 2 is 1.54 bits per heavy atom. The van der Waals surface area contributed by atoms with Gasteiger partial charge in [-0.3, -0.25) is 15.0 Å². The number of hydrogen-bond donors (Lipinski definition) is 2. The quantitative estimate of drug-likeness (QED) is 0.572. The van der Waals surface area contributed by atoms with Crippen molar-refractivity contribution >= 4 is 34.4 Å². The Kier molecular flexibility index (Phi) is 3.55. The number of aromatic nitrogens is 5. The highest BCUT2D eigenvalue weighted by atomic mass is 35.5. The van der Waals surface area contributed by atoms with Crippen molar-refractivity contribution in [1.82, 2.24) is 24.9 Å². The van der Waals surface area contributed by atoms with Crippen LogP contribution in [0.25, 0.3) is 33.5 Å². The van der Waals surface area contributed by atoms with Crippen molar-refractivity contribution < 1.29 is 0 Å². The number of halogens is 2. The Hall–Kier alpha value is -2.70. The summed E-state index contributed by atoms with van der Waals surface area (Å²) in [5.74, 6) is 0. The molecule has 0 radical (unpaired) electrons. The van der Waals surface area contributed by atoms with Gasteiger partial charge in [-0.15, -0.1) is 0 Å². The van der Waals surface area contributed by atoms with E-state index >= 15 is 0 Å². The molecule has 4 aromatic rings. The zero-order chi connectivity index (χ0) is 16.7. The highest BCUT2D eigenvalue weighted by Gasteiger charge is 2.17. The lowest BCUT2D eigenvalue weighted by atomic mass is 10.0. The second-order valence-electron chi connectivity index (χ2n) is 5.07. The van der Waals surface area contributed by atoms with Crippen LogP contribution >= 0.6 is 23.2 Å². The van der Waals surface area contributed by atoms with Crippen molar-refractivity contribution in [2.24, 2.45) is 0 Å². The first-order chi connectivity index (χ1) is 11.6. The minimum absolute atomic E-state index is 0.331. The number of nitrogens with zero attached hydrogens (tertiary/aromatic N) is 3. The molecule has 4 heterocycles. The zero-order valence-corrected chi connectivity index (χ0v) is 13.6. The number of imidazole rings is 1. The van der Waals surface area contributed by atoms with Crippen LogP contribution in [0.5, 0.6) is 0 Å². The van der Waals surface area contributed by atoms with Gasteiger partial charge in [0.1, 0.15) is 0 Å². The molecule has 0 aliphatic rings. The van der Waals surface area contributed by atoms with E-state index in [1.165, 1.54) is 0 Å². The van der Waals surface area contributed by atoms with Gasteiger partial charge in [-0.2, -0.15) is 0 Å². The van der Waals surface area contributed by atoms with Gasteiger partial charge in [0.2, 0.25) is 0 Å². The average Bonchev–Trinajstić information content (AvgIpc) is 2.94. The molecule has 0 bridgehead atoms. The molecule has 0 aliphatic heterocycles. The molecule has 8 heteroatoms. The molecule has 4 rings (SSSR count). The molecule has 24 heavy (non-hydrogen) atoms. The van der Waals surface area contributed by atoms with Crippen molar-refractivity contribution in [3.8, 4) is 22.4 Å². The summed E-state index contributed by atoms with van der Waals surface area (Å²) in [6, 6.07) is 5.36. The van der Waals surface area contributed by atoms with E-state index in [2.05, 4.69) is 24.9 Å². The third kappa shape index (κ3) is 2.46. The number of nitrogens with one attached hydrogen (secondary N) is 2. The SMILES string of the molecule is O=c1[nH]c2cc(-c3ccncc3Cl)c(-c3ccncc3Cl)nc2[nH]1. The van der Waals surface area contributed by atoms with Gasteiger partial charge in [0, 0.05) is 41.5 Å². The van der Waals surface area contributed by atoms with Crippen LogP contribution in [0.4, 0.5) is 0 Å². The molecular weight excluding hydrogens is 349 g/mol. The maximum absolute atomic E-state index is 11.6. The molecule has 0 aromatic carbocycles. The summed E-state index contributed by atoms with van der Waals surface area (Å²) < 4.78 is 0. The Balaban J connectivity index is 2.10. The lowest BCUT2D eigenvalue weighted by molar-refractivity contribution is 1.20. The summed E-state index contributed by atoms with van der Waals surface area (Å²) in [5, 5.41) is 0.927. The van der Waals surface area contributed by atoms with Crippen molar-refractivity contribution in [3.05, 3.63) is 63.5 Å². The van der Waals surface area contributed by atoms with Crippen LogP contribution in [0, 0.1) is 0 Å². The largest absolute Gasteiger partial charge is 0.325 e. The Morgan fingerprint density at radius 3 is 2.21 bits per heavy atom. The van der Waals surface area contributed by atoms with Gasteiger partial charge in [0.05, 0.1) is 21.3 Å². The van der Waals surface area contributed by atoms with E-state index in [-0.39, 0.29) is 5.69 Å². The third-order valence-corrected chi connectivity index (χ3v) is 4.20. The molecule has 0 unspecified atom stereocenters. The second-order valence-corrected chi connectivity index (χ2v) is 5.89. The van der Waals surface area contributed by atoms with Crippen molar-refractivity contribution in [2.75, 3.05) is 0 Å². The molecule has 0 aliphatic carbocycles. The van der Waals surface area contributed by atoms with Crippen LogP contribution in [0.3, 0.4) is 0 Å². The van der Waals surface area contributed by atoms with Gasteiger partial charge < -0.3 is 4.98 Å². The molecule has 4 aromatic heterocycles. The number of aromatic amines is 2. The van der Waals surface area contributed by atoms with Crippen LogP contribution in [0.2, 0.25) is 10.0 Å². The van der Waals surface area contributed by atoms with E-state index < -0.39 is 0 Å². The van der Waals surface area contributed by atoms with E-state index in [0.29, 0.717) is 32.5 Å². The number of H-pyrrole nitrogens is 2. The van der Waals surface area contributed by atoms with E-state index in [4.69, 9.17) is 23.2 Å². The summed E-state index contributed by atoms with van der Waals surface area (Å²) in [6.07, 6.45) is 6.37. The first-order valence-corrected chi connectivity index (χ1v) is 7.72. The fraction of sp³-hybridized carbons (Fsp3) is 0. The molecule has 0 spiro atoms. The van der Waals surface area contributed by atoms with E-state index in [0.717, 1.165) is 11.1 Å². The van der Waals surface area contributed by atoms with Crippen LogP contribution in [0.1, 0.15) is 0 Å². The summed E-state index contributed by atoms with van der Waals surface area (Å²) in [7, 11) is 0. The number of fused-ring (bicyclic) bond motifs is 1. The zero-order valence-electron chi connectivity index (χ0n) is 12.0. The fourth-order valence-corrected chi connectivity index (χ4v) is 2.97. The summed E-state index contributed by atoms with van der Waals surface area (Å²) in [5.41, 5.74) is 3.46. The van der Waals surface area contributed by atoms with Gasteiger partial charge in [-0.1, -0.05) is 23.2 Å². The molecule has 6 nitrogen and oxygen atoms in total. The highest BCUT2D eigenvalue weighted by molar-refractivity contribution is 6.34. The van der Waals surface area contributed by atoms with E-state index in [1.54, 1.807) is 36.9 Å². The first-order valence-electron chi connectivity index (χ1n) is 6.96.